The van der Waals surface area contributed by atoms with E-state index in [2.05, 4.69) is 11.9 Å². The molecule has 0 spiro atoms. The van der Waals surface area contributed by atoms with Crippen LogP contribution in [0.4, 0.5) is 5.00 Å². The number of hydrogen-bond donors (Lipinski definition) is 1. The van der Waals surface area contributed by atoms with E-state index in [0.717, 1.165) is 56.0 Å². The van der Waals surface area contributed by atoms with Crippen molar-refractivity contribution in [3.8, 4) is 0 Å². The summed E-state index contributed by atoms with van der Waals surface area (Å²) in [5.74, 6) is 0.166. The van der Waals surface area contributed by atoms with Crippen LogP contribution in [0.3, 0.4) is 0 Å². The van der Waals surface area contributed by atoms with E-state index in [9.17, 15) is 4.79 Å². The zero-order chi connectivity index (χ0) is 13.4. The van der Waals surface area contributed by atoms with Crippen molar-refractivity contribution >= 4 is 22.2 Å². The minimum absolute atomic E-state index is 0.166. The number of nitrogen functional groups attached to an aromatic ring is 1. The number of carbonyl (C=O) groups excluding carboxylic acids is 1. The van der Waals surface area contributed by atoms with Gasteiger partial charge in [0.1, 0.15) is 0 Å². The molecule has 1 saturated heterocycles. The minimum atomic E-state index is 0.166. The molecular formula is C14H21N3OS. The highest BCUT2D eigenvalue weighted by Gasteiger charge is 2.28. The first-order valence-electron chi connectivity index (χ1n) is 7.04. The summed E-state index contributed by atoms with van der Waals surface area (Å²) in [5, 5.41) is 0.718. The second-order valence-corrected chi connectivity index (χ2v) is 6.72. The molecular weight excluding hydrogens is 258 g/mol. The molecule has 0 radical (unpaired) electrons. The number of amides is 1. The molecule has 1 aromatic heterocycles. The molecule has 19 heavy (non-hydrogen) atoms. The first kappa shape index (κ1) is 12.9. The molecule has 0 bridgehead atoms. The summed E-state index contributed by atoms with van der Waals surface area (Å²) in [6.45, 7) is 3.73. The largest absolute Gasteiger partial charge is 0.390 e. The molecule has 0 unspecified atom stereocenters. The van der Waals surface area contributed by atoms with Gasteiger partial charge >= 0.3 is 0 Å². The molecule has 2 aliphatic heterocycles. The highest BCUT2D eigenvalue weighted by atomic mass is 32.1. The summed E-state index contributed by atoms with van der Waals surface area (Å²) in [5.41, 5.74) is 8.16. The third-order valence-electron chi connectivity index (χ3n) is 4.13. The number of hydrogen-bond acceptors (Lipinski definition) is 4. The number of nitrogens with zero attached hydrogens (tertiary/aromatic N) is 2. The molecule has 2 N–H and O–H groups in total. The van der Waals surface area contributed by atoms with Gasteiger partial charge in [-0.3, -0.25) is 4.79 Å². The second kappa shape index (κ2) is 5.13. The predicted octanol–water partition coefficient (Wildman–Crippen LogP) is 1.94. The molecule has 1 fully saturated rings. The molecule has 104 valence electrons. The van der Waals surface area contributed by atoms with Gasteiger partial charge < -0.3 is 15.5 Å². The topological polar surface area (TPSA) is 49.6 Å². The van der Waals surface area contributed by atoms with Crippen molar-refractivity contribution < 1.29 is 4.79 Å². The van der Waals surface area contributed by atoms with E-state index >= 15 is 0 Å². The van der Waals surface area contributed by atoms with Gasteiger partial charge in [-0.2, -0.15) is 0 Å². The second-order valence-electron chi connectivity index (χ2n) is 5.58. The van der Waals surface area contributed by atoms with Gasteiger partial charge in [0.15, 0.2) is 0 Å². The standard InChI is InChI=1S/C14H21N3OS/c1-16-8-5-10-11(9-16)19-13(15)12(10)14(18)17-6-3-2-4-7-17/h2-9,15H2,1H3. The van der Waals surface area contributed by atoms with E-state index in [4.69, 9.17) is 5.73 Å². The van der Waals surface area contributed by atoms with Gasteiger partial charge in [0.25, 0.3) is 5.91 Å². The average Bonchev–Trinajstić information content (AvgIpc) is 2.74. The minimum Gasteiger partial charge on any atom is -0.390 e. The van der Waals surface area contributed by atoms with Crippen molar-refractivity contribution in [3.63, 3.8) is 0 Å². The number of piperidine rings is 1. The Morgan fingerprint density at radius 3 is 2.68 bits per heavy atom. The highest BCUT2D eigenvalue weighted by molar-refractivity contribution is 7.16. The SMILES string of the molecule is CN1CCc2c(sc(N)c2C(=O)N2CCCCC2)C1. The molecule has 1 amide bonds. The summed E-state index contributed by atoms with van der Waals surface area (Å²) in [6, 6.07) is 0. The summed E-state index contributed by atoms with van der Waals surface area (Å²) in [7, 11) is 2.12. The zero-order valence-corrected chi connectivity index (χ0v) is 12.3. The molecule has 3 heterocycles. The molecule has 4 nitrogen and oxygen atoms in total. The third kappa shape index (κ3) is 2.37. The third-order valence-corrected chi connectivity index (χ3v) is 5.18. The van der Waals surface area contributed by atoms with E-state index in [1.54, 1.807) is 11.3 Å². The lowest BCUT2D eigenvalue weighted by Gasteiger charge is -2.28. The number of likely N-dealkylation sites (tertiary alicyclic amines) is 1. The van der Waals surface area contributed by atoms with Crippen LogP contribution in [-0.4, -0.2) is 42.4 Å². The van der Waals surface area contributed by atoms with Crippen molar-refractivity contribution in [3.05, 3.63) is 16.0 Å². The summed E-state index contributed by atoms with van der Waals surface area (Å²) in [4.78, 5) is 18.2. The van der Waals surface area contributed by atoms with E-state index in [1.807, 2.05) is 4.90 Å². The van der Waals surface area contributed by atoms with Gasteiger partial charge in [0.05, 0.1) is 10.6 Å². The summed E-state index contributed by atoms with van der Waals surface area (Å²) >= 11 is 1.60. The lowest BCUT2D eigenvalue weighted by atomic mass is 10.0. The Kier molecular flexibility index (Phi) is 3.50. The maximum Gasteiger partial charge on any atom is 0.257 e. The number of fused-ring (bicyclic) bond motifs is 1. The fourth-order valence-electron chi connectivity index (χ4n) is 3.04. The Hall–Kier alpha value is -1.07. The van der Waals surface area contributed by atoms with Crippen LogP contribution < -0.4 is 5.73 Å². The smallest absolute Gasteiger partial charge is 0.257 e. The maximum absolute atomic E-state index is 12.7. The van der Waals surface area contributed by atoms with Gasteiger partial charge in [-0.15, -0.1) is 11.3 Å². The fourth-order valence-corrected chi connectivity index (χ4v) is 4.23. The van der Waals surface area contributed by atoms with Crippen molar-refractivity contribution in [1.29, 1.82) is 0 Å². The van der Waals surface area contributed by atoms with Crippen LogP contribution in [0.5, 0.6) is 0 Å². The van der Waals surface area contributed by atoms with Gasteiger partial charge in [0, 0.05) is 31.1 Å². The van der Waals surface area contributed by atoms with Crippen LogP contribution in [0.15, 0.2) is 0 Å². The van der Waals surface area contributed by atoms with Crippen LogP contribution in [0.25, 0.3) is 0 Å². The molecule has 0 aliphatic carbocycles. The van der Waals surface area contributed by atoms with Crippen LogP contribution in [-0.2, 0) is 13.0 Å². The van der Waals surface area contributed by atoms with E-state index in [1.165, 1.54) is 16.9 Å². The maximum atomic E-state index is 12.7. The molecule has 5 heteroatoms. The van der Waals surface area contributed by atoms with Crippen LogP contribution in [0.2, 0.25) is 0 Å². The van der Waals surface area contributed by atoms with Gasteiger partial charge in [-0.25, -0.2) is 0 Å². The summed E-state index contributed by atoms with van der Waals surface area (Å²) < 4.78 is 0. The number of anilines is 1. The number of thiophene rings is 1. The first-order chi connectivity index (χ1) is 9.16. The molecule has 0 saturated carbocycles. The normalized spacial score (nSPS) is 20.4. The lowest BCUT2D eigenvalue weighted by Crippen LogP contribution is -2.36. The molecule has 2 aliphatic rings. The monoisotopic (exact) mass is 279 g/mol. The quantitative estimate of drug-likeness (QED) is 0.855. The van der Waals surface area contributed by atoms with E-state index in [-0.39, 0.29) is 5.91 Å². The van der Waals surface area contributed by atoms with Gasteiger partial charge in [0.2, 0.25) is 0 Å². The Bertz CT molecular complexity index is 491. The Morgan fingerprint density at radius 2 is 1.95 bits per heavy atom. The van der Waals surface area contributed by atoms with Gasteiger partial charge in [-0.1, -0.05) is 0 Å². The molecule has 3 rings (SSSR count). The first-order valence-corrected chi connectivity index (χ1v) is 7.86. The fraction of sp³-hybridized carbons (Fsp3) is 0.643. The van der Waals surface area contributed by atoms with Crippen molar-refractivity contribution in [1.82, 2.24) is 9.80 Å². The molecule has 0 atom stereocenters. The van der Waals surface area contributed by atoms with Crippen LogP contribution in [0, 0.1) is 0 Å². The lowest BCUT2D eigenvalue weighted by molar-refractivity contribution is 0.0724. The van der Waals surface area contributed by atoms with E-state index in [0.29, 0.717) is 0 Å². The van der Waals surface area contributed by atoms with Crippen molar-refractivity contribution in [2.24, 2.45) is 0 Å². The van der Waals surface area contributed by atoms with Crippen molar-refractivity contribution in [2.45, 2.75) is 32.2 Å². The number of nitrogens with two attached hydrogens (primary N) is 1. The highest BCUT2D eigenvalue weighted by Crippen LogP contribution is 2.35. The van der Waals surface area contributed by atoms with Crippen LogP contribution >= 0.6 is 11.3 Å². The molecule has 0 aromatic carbocycles. The van der Waals surface area contributed by atoms with Gasteiger partial charge in [-0.05, 0) is 38.3 Å². The molecule has 1 aromatic rings. The predicted molar refractivity (Wildman–Crippen MR) is 78.5 cm³/mol. The summed E-state index contributed by atoms with van der Waals surface area (Å²) in [6.07, 6.45) is 4.45. The Morgan fingerprint density at radius 1 is 1.21 bits per heavy atom. The number of carbonyl (C=O) groups is 1. The van der Waals surface area contributed by atoms with Crippen LogP contribution in [0.1, 0.15) is 40.1 Å². The zero-order valence-electron chi connectivity index (χ0n) is 11.4. The van der Waals surface area contributed by atoms with Crippen molar-refractivity contribution in [2.75, 3.05) is 32.4 Å². The Labute approximate surface area is 118 Å². The number of likely N-dealkylation sites (N-methyl/N-ethyl adjacent to an activating group) is 1. The average molecular weight is 279 g/mol. The van der Waals surface area contributed by atoms with E-state index < -0.39 is 0 Å². The Balaban J connectivity index is 1.90. The number of rotatable bonds is 1.